The Labute approximate surface area is 132 Å². The first-order chi connectivity index (χ1) is 9.49. The number of halogens is 2. The van der Waals surface area contributed by atoms with E-state index in [4.69, 9.17) is 5.11 Å². The third-order valence-corrected chi connectivity index (χ3v) is 3.76. The van der Waals surface area contributed by atoms with E-state index < -0.39 is 5.97 Å². The van der Waals surface area contributed by atoms with Gasteiger partial charge in [-0.1, -0.05) is 28.1 Å². The number of aromatic carboxylic acids is 1. The van der Waals surface area contributed by atoms with Crippen LogP contribution in [0.2, 0.25) is 0 Å². The highest BCUT2D eigenvalue weighted by Gasteiger charge is 2.15. The lowest BCUT2D eigenvalue weighted by Gasteiger charge is -2.10. The van der Waals surface area contributed by atoms with E-state index in [0.29, 0.717) is 14.5 Å². The average Bonchev–Trinajstić information content (AvgIpc) is 2.41. The van der Waals surface area contributed by atoms with Crippen molar-refractivity contribution in [1.82, 2.24) is 0 Å². The molecule has 102 valence electrons. The number of amides is 1. The molecular formula is C14H9Br2NO3. The molecule has 2 N–H and O–H groups in total. The first-order valence-corrected chi connectivity index (χ1v) is 7.16. The number of anilines is 1. The maximum atomic E-state index is 12.1. The van der Waals surface area contributed by atoms with Crippen LogP contribution in [-0.2, 0) is 0 Å². The highest BCUT2D eigenvalue weighted by molar-refractivity contribution is 9.10. The van der Waals surface area contributed by atoms with Gasteiger partial charge in [0.2, 0.25) is 0 Å². The smallest absolute Gasteiger partial charge is 0.337 e. The lowest BCUT2D eigenvalue weighted by Crippen LogP contribution is -2.15. The molecule has 2 aromatic rings. The molecule has 0 aliphatic heterocycles. The summed E-state index contributed by atoms with van der Waals surface area (Å²) in [5.41, 5.74) is 0.716. The SMILES string of the molecule is O=C(Nc1ccc(Br)cc1C(=O)O)c1ccccc1Br. The van der Waals surface area contributed by atoms with E-state index in [0.717, 1.165) is 0 Å². The minimum Gasteiger partial charge on any atom is -0.478 e. The molecule has 0 aliphatic rings. The molecular weight excluding hydrogens is 390 g/mol. The van der Waals surface area contributed by atoms with E-state index in [-0.39, 0.29) is 17.2 Å². The van der Waals surface area contributed by atoms with Crippen molar-refractivity contribution in [3.8, 4) is 0 Å². The molecule has 6 heteroatoms. The van der Waals surface area contributed by atoms with Gasteiger partial charge in [-0.25, -0.2) is 4.79 Å². The highest BCUT2D eigenvalue weighted by Crippen LogP contribution is 2.23. The predicted octanol–water partition coefficient (Wildman–Crippen LogP) is 4.16. The maximum Gasteiger partial charge on any atom is 0.337 e. The van der Waals surface area contributed by atoms with Crippen LogP contribution in [0, 0.1) is 0 Å². The first-order valence-electron chi connectivity index (χ1n) is 5.58. The van der Waals surface area contributed by atoms with Gasteiger partial charge >= 0.3 is 5.97 Å². The van der Waals surface area contributed by atoms with Gasteiger partial charge in [0.1, 0.15) is 0 Å². The number of hydrogen-bond donors (Lipinski definition) is 2. The lowest BCUT2D eigenvalue weighted by molar-refractivity contribution is 0.0698. The Morgan fingerprint density at radius 2 is 1.70 bits per heavy atom. The zero-order valence-corrected chi connectivity index (χ0v) is 13.2. The van der Waals surface area contributed by atoms with E-state index in [2.05, 4.69) is 37.2 Å². The molecule has 2 rings (SSSR count). The molecule has 0 saturated heterocycles. The van der Waals surface area contributed by atoms with Crippen molar-refractivity contribution in [2.24, 2.45) is 0 Å². The van der Waals surface area contributed by atoms with Crippen LogP contribution in [0.4, 0.5) is 5.69 Å². The van der Waals surface area contributed by atoms with Gasteiger partial charge in [-0.05, 0) is 46.3 Å². The van der Waals surface area contributed by atoms with E-state index in [1.165, 1.54) is 6.07 Å². The summed E-state index contributed by atoms with van der Waals surface area (Å²) in [4.78, 5) is 23.3. The van der Waals surface area contributed by atoms with Crippen molar-refractivity contribution in [3.63, 3.8) is 0 Å². The fourth-order valence-corrected chi connectivity index (χ4v) is 2.46. The summed E-state index contributed by atoms with van der Waals surface area (Å²) in [6, 6.07) is 11.6. The number of carboxylic acids is 1. The van der Waals surface area contributed by atoms with Crippen LogP contribution in [-0.4, -0.2) is 17.0 Å². The number of carbonyl (C=O) groups excluding carboxylic acids is 1. The van der Waals surface area contributed by atoms with E-state index in [1.807, 2.05) is 0 Å². The monoisotopic (exact) mass is 397 g/mol. The van der Waals surface area contributed by atoms with Crippen LogP contribution < -0.4 is 5.32 Å². The molecule has 0 heterocycles. The third kappa shape index (κ3) is 3.26. The van der Waals surface area contributed by atoms with Gasteiger partial charge < -0.3 is 10.4 Å². The number of hydrogen-bond acceptors (Lipinski definition) is 2. The summed E-state index contributed by atoms with van der Waals surface area (Å²) in [6.45, 7) is 0. The zero-order valence-electron chi connectivity index (χ0n) is 10.1. The standard InChI is InChI=1S/C14H9Br2NO3/c15-8-5-6-12(10(7-8)14(19)20)17-13(18)9-3-1-2-4-11(9)16/h1-7H,(H,17,18)(H,19,20). The molecule has 20 heavy (non-hydrogen) atoms. The first kappa shape index (κ1) is 14.7. The molecule has 0 saturated carbocycles. The fraction of sp³-hybridized carbons (Fsp3) is 0. The molecule has 4 nitrogen and oxygen atoms in total. The number of benzene rings is 2. The molecule has 0 fully saturated rings. The van der Waals surface area contributed by atoms with Crippen LogP contribution >= 0.6 is 31.9 Å². The number of carboxylic acid groups (broad SMARTS) is 1. The third-order valence-electron chi connectivity index (χ3n) is 2.58. The summed E-state index contributed by atoms with van der Waals surface area (Å²) in [5.74, 6) is -1.48. The predicted molar refractivity (Wildman–Crippen MR) is 83.2 cm³/mol. The summed E-state index contributed by atoms with van der Waals surface area (Å²) in [7, 11) is 0. The quantitative estimate of drug-likeness (QED) is 0.815. The van der Waals surface area contributed by atoms with Gasteiger partial charge in [0.05, 0.1) is 16.8 Å². The van der Waals surface area contributed by atoms with Crippen LogP contribution in [0.5, 0.6) is 0 Å². The van der Waals surface area contributed by atoms with E-state index in [9.17, 15) is 9.59 Å². The second-order valence-corrected chi connectivity index (χ2v) is 5.70. The largest absolute Gasteiger partial charge is 0.478 e. The fourth-order valence-electron chi connectivity index (χ4n) is 1.64. The maximum absolute atomic E-state index is 12.1. The van der Waals surface area contributed by atoms with Crippen molar-refractivity contribution >= 4 is 49.4 Å². The van der Waals surface area contributed by atoms with Crippen molar-refractivity contribution in [2.45, 2.75) is 0 Å². The summed E-state index contributed by atoms with van der Waals surface area (Å²) >= 11 is 6.49. The van der Waals surface area contributed by atoms with Gasteiger partial charge in [-0.3, -0.25) is 4.79 Å². The Hall–Kier alpha value is -1.66. The van der Waals surface area contributed by atoms with Crippen LogP contribution in [0.1, 0.15) is 20.7 Å². The molecule has 0 unspecified atom stereocenters. The summed E-state index contributed by atoms with van der Waals surface area (Å²) in [6.07, 6.45) is 0. The minimum atomic E-state index is -1.10. The topological polar surface area (TPSA) is 66.4 Å². The molecule has 1 amide bonds. The van der Waals surface area contributed by atoms with Crippen LogP contribution in [0.15, 0.2) is 51.4 Å². The number of nitrogens with one attached hydrogen (secondary N) is 1. The normalized spacial score (nSPS) is 10.1. The molecule has 0 bridgehead atoms. The molecule has 0 aromatic heterocycles. The highest BCUT2D eigenvalue weighted by atomic mass is 79.9. The van der Waals surface area contributed by atoms with E-state index in [1.54, 1.807) is 36.4 Å². The lowest BCUT2D eigenvalue weighted by atomic mass is 10.1. The van der Waals surface area contributed by atoms with Gasteiger partial charge in [0.15, 0.2) is 0 Å². The second-order valence-electron chi connectivity index (χ2n) is 3.93. The molecule has 0 aliphatic carbocycles. The summed E-state index contributed by atoms with van der Waals surface area (Å²) < 4.78 is 1.28. The zero-order chi connectivity index (χ0) is 14.7. The Bertz CT molecular complexity index is 686. The van der Waals surface area contributed by atoms with Crippen molar-refractivity contribution in [3.05, 3.63) is 62.5 Å². The van der Waals surface area contributed by atoms with Gasteiger partial charge in [-0.15, -0.1) is 0 Å². The Balaban J connectivity index is 2.33. The van der Waals surface area contributed by atoms with Gasteiger partial charge in [0.25, 0.3) is 5.91 Å². The molecule has 0 spiro atoms. The average molecular weight is 399 g/mol. The number of carbonyl (C=O) groups is 2. The Morgan fingerprint density at radius 1 is 1.00 bits per heavy atom. The molecule has 0 atom stereocenters. The van der Waals surface area contributed by atoms with Crippen LogP contribution in [0.25, 0.3) is 0 Å². The second kappa shape index (κ2) is 6.19. The summed E-state index contributed by atoms with van der Waals surface area (Å²) in [5, 5.41) is 11.8. The number of rotatable bonds is 3. The van der Waals surface area contributed by atoms with Gasteiger partial charge in [0, 0.05) is 8.95 Å². The van der Waals surface area contributed by atoms with E-state index >= 15 is 0 Å². The van der Waals surface area contributed by atoms with Crippen molar-refractivity contribution < 1.29 is 14.7 Å². The van der Waals surface area contributed by atoms with Crippen LogP contribution in [0.3, 0.4) is 0 Å². The minimum absolute atomic E-state index is 0.0276. The Kier molecular flexibility index (Phi) is 4.57. The molecule has 2 aromatic carbocycles. The van der Waals surface area contributed by atoms with Crippen molar-refractivity contribution in [1.29, 1.82) is 0 Å². The van der Waals surface area contributed by atoms with Gasteiger partial charge in [-0.2, -0.15) is 0 Å². The van der Waals surface area contributed by atoms with Crippen molar-refractivity contribution in [2.75, 3.05) is 5.32 Å². The Morgan fingerprint density at radius 3 is 2.35 bits per heavy atom. The molecule has 0 radical (unpaired) electrons.